The van der Waals surface area contributed by atoms with Crippen LogP contribution in [0.2, 0.25) is 0 Å². The largest absolute Gasteiger partial charge is 1.00 e. The minimum Gasteiger partial charge on any atom is -1.00 e. The molecule has 0 fully saturated rings. The fourth-order valence-corrected chi connectivity index (χ4v) is 0. The zero-order chi connectivity index (χ0) is 3.58. The standard InChI is InChI=1S/3K.H2O3S.3H/c;;;1-4(2)3;;;/h;;;(H2,1,2,3);;;/q3*+1;;3*-1/p-1. The number of hydrogen-bond acceptors (Lipinski definition) is 2. The molecule has 0 aliphatic carbocycles. The molecule has 7 heavy (non-hydrogen) atoms. The van der Waals surface area contributed by atoms with Gasteiger partial charge in [-0.1, -0.05) is 0 Å². The molecule has 0 spiro atoms. The summed E-state index contributed by atoms with van der Waals surface area (Å²) < 4.78 is 24.1. The van der Waals surface area contributed by atoms with E-state index in [1.54, 1.807) is 0 Å². The summed E-state index contributed by atoms with van der Waals surface area (Å²) in [5.41, 5.74) is 0. The number of rotatable bonds is 0. The van der Waals surface area contributed by atoms with Gasteiger partial charge in [-0.2, -0.15) is 0 Å². The average Bonchev–Trinajstić information content (AvgIpc) is 0.811. The van der Waals surface area contributed by atoms with Gasteiger partial charge in [-0.25, -0.2) is 4.21 Å². The van der Waals surface area contributed by atoms with E-state index in [0.717, 1.165) is 0 Å². The van der Waals surface area contributed by atoms with Gasteiger partial charge < -0.3 is 13.4 Å². The number of hydrogen-bond donors (Lipinski definition) is 1. The van der Waals surface area contributed by atoms with E-state index in [2.05, 4.69) is 0 Å². The first-order chi connectivity index (χ1) is 1.73. The Hall–Kier alpha value is 4.98. The van der Waals surface area contributed by atoms with Crippen LogP contribution >= 0.6 is 0 Å². The molecule has 0 amide bonds. The van der Waals surface area contributed by atoms with Gasteiger partial charge >= 0.3 is 154 Å². The van der Waals surface area contributed by atoms with Crippen LogP contribution < -0.4 is 154 Å². The molecule has 1 unspecified atom stereocenters. The summed E-state index contributed by atoms with van der Waals surface area (Å²) in [6, 6.07) is 0. The van der Waals surface area contributed by atoms with Crippen molar-refractivity contribution >= 4 is 11.4 Å². The van der Waals surface area contributed by atoms with Gasteiger partial charge in [0.05, 0.1) is 11.4 Å². The van der Waals surface area contributed by atoms with E-state index in [0.29, 0.717) is 0 Å². The summed E-state index contributed by atoms with van der Waals surface area (Å²) in [7, 11) is 0. The normalized spacial score (nSPS) is 8.86. The first kappa shape index (κ1) is 22.7. The van der Waals surface area contributed by atoms with Gasteiger partial charge in [0.15, 0.2) is 0 Å². The topological polar surface area (TPSA) is 60.4 Å². The minimum atomic E-state index is -2.86. The maximum absolute atomic E-state index is 8.56. The van der Waals surface area contributed by atoms with E-state index in [1.165, 1.54) is 0 Å². The first-order valence-electron chi connectivity index (χ1n) is 0.516. The molecule has 0 heterocycles. The Labute approximate surface area is 177 Å². The molecule has 7 heteroatoms. The molecule has 0 saturated carbocycles. The molecule has 0 rings (SSSR count). The van der Waals surface area contributed by atoms with E-state index in [-0.39, 0.29) is 158 Å². The van der Waals surface area contributed by atoms with E-state index < -0.39 is 11.4 Å². The van der Waals surface area contributed by atoms with Gasteiger partial charge in [-0.05, 0) is 0 Å². The van der Waals surface area contributed by atoms with Crippen LogP contribution in [0.25, 0.3) is 0 Å². The Kier molecular flexibility index (Phi) is 55.6. The van der Waals surface area contributed by atoms with Gasteiger partial charge in [0.25, 0.3) is 0 Å². The third kappa shape index (κ3) is 35.7. The second kappa shape index (κ2) is 17.2. The van der Waals surface area contributed by atoms with Gasteiger partial charge in [-0.3, -0.25) is 0 Å². The maximum atomic E-state index is 8.56. The molecule has 0 aliphatic rings. The zero-order valence-corrected chi connectivity index (χ0v) is 14.9. The molecule has 0 aromatic rings. The van der Waals surface area contributed by atoms with Crippen molar-refractivity contribution in [3.63, 3.8) is 0 Å². The Morgan fingerprint density at radius 1 is 1.43 bits per heavy atom. The Bertz CT molecular complexity index is 42.0. The summed E-state index contributed by atoms with van der Waals surface area (Å²) in [6.07, 6.45) is 0. The van der Waals surface area contributed by atoms with Gasteiger partial charge in [-0.15, -0.1) is 0 Å². The van der Waals surface area contributed by atoms with Crippen molar-refractivity contribution < 1.29 is 172 Å². The molecular weight excluding hydrogens is 197 g/mol. The predicted molar refractivity (Wildman–Crippen MR) is 14.9 cm³/mol. The predicted octanol–water partition coefficient (Wildman–Crippen LogP) is -9.31. The van der Waals surface area contributed by atoms with Crippen LogP contribution in [0.1, 0.15) is 4.28 Å². The molecule has 1 N–H and O–H groups in total. The monoisotopic (exact) mass is 201 g/mol. The van der Waals surface area contributed by atoms with Crippen molar-refractivity contribution in [2.24, 2.45) is 0 Å². The SMILES string of the molecule is O=S([O-])O.[H-].[H-].[H-].[K+].[K+].[K+]. The minimum absolute atomic E-state index is 0. The molecule has 0 radical (unpaired) electrons. The third-order valence-corrected chi connectivity index (χ3v) is 0. The van der Waals surface area contributed by atoms with Crippen LogP contribution in [-0.2, 0) is 11.4 Å². The Morgan fingerprint density at radius 3 is 1.43 bits per heavy atom. The second-order valence-corrected chi connectivity index (χ2v) is 0.651. The molecule has 0 saturated heterocycles. The van der Waals surface area contributed by atoms with Crippen molar-refractivity contribution in [2.45, 2.75) is 0 Å². The van der Waals surface area contributed by atoms with Crippen LogP contribution in [0.5, 0.6) is 0 Å². The summed E-state index contributed by atoms with van der Waals surface area (Å²) >= 11 is -2.86. The Morgan fingerprint density at radius 2 is 1.43 bits per heavy atom. The molecule has 0 bridgehead atoms. The van der Waals surface area contributed by atoms with Crippen LogP contribution in [0, 0.1) is 0 Å². The zero-order valence-electron chi connectivity index (χ0n) is 7.67. The van der Waals surface area contributed by atoms with Crippen LogP contribution in [0.15, 0.2) is 0 Å². The first-order valence-corrected chi connectivity index (χ1v) is 1.55. The molecule has 0 aromatic carbocycles. The molecule has 0 aliphatic heterocycles. The van der Waals surface area contributed by atoms with Gasteiger partial charge in [0.2, 0.25) is 0 Å². The fraction of sp³-hybridized carbons (Fsp3) is 0. The average molecular weight is 201 g/mol. The van der Waals surface area contributed by atoms with Gasteiger partial charge in [0.1, 0.15) is 0 Å². The van der Waals surface area contributed by atoms with E-state index in [4.69, 9.17) is 13.3 Å². The van der Waals surface area contributed by atoms with Crippen molar-refractivity contribution in [1.29, 1.82) is 0 Å². The molecular formula is H4K3O3S-. The molecule has 32 valence electrons. The van der Waals surface area contributed by atoms with E-state index in [9.17, 15) is 0 Å². The van der Waals surface area contributed by atoms with Crippen molar-refractivity contribution in [1.82, 2.24) is 0 Å². The van der Waals surface area contributed by atoms with Crippen LogP contribution in [-0.4, -0.2) is 13.3 Å². The molecule has 1 atom stereocenters. The summed E-state index contributed by atoms with van der Waals surface area (Å²) in [4.78, 5) is 0. The van der Waals surface area contributed by atoms with Crippen LogP contribution in [0.3, 0.4) is 0 Å². The van der Waals surface area contributed by atoms with Gasteiger partial charge in [0, 0.05) is 0 Å². The van der Waals surface area contributed by atoms with Crippen molar-refractivity contribution in [2.75, 3.05) is 0 Å². The summed E-state index contributed by atoms with van der Waals surface area (Å²) in [5.74, 6) is 0. The maximum Gasteiger partial charge on any atom is 1.00 e. The molecule has 0 aromatic heterocycles. The summed E-state index contributed by atoms with van der Waals surface area (Å²) in [6.45, 7) is 0. The Balaban J connectivity index is -0.00000000300. The van der Waals surface area contributed by atoms with E-state index >= 15 is 0 Å². The van der Waals surface area contributed by atoms with Crippen LogP contribution in [0.4, 0.5) is 0 Å². The second-order valence-electron chi connectivity index (χ2n) is 0.217. The summed E-state index contributed by atoms with van der Waals surface area (Å²) in [5, 5.41) is 0. The third-order valence-electron chi connectivity index (χ3n) is 0. The molecule has 3 nitrogen and oxygen atoms in total. The van der Waals surface area contributed by atoms with E-state index in [1.807, 2.05) is 0 Å². The fourth-order valence-electron chi connectivity index (χ4n) is 0. The van der Waals surface area contributed by atoms with Crippen molar-refractivity contribution in [3.8, 4) is 0 Å². The van der Waals surface area contributed by atoms with Crippen molar-refractivity contribution in [3.05, 3.63) is 0 Å². The quantitative estimate of drug-likeness (QED) is 0.313. The smallest absolute Gasteiger partial charge is 1.00 e.